The van der Waals surface area contributed by atoms with Crippen LogP contribution in [0.3, 0.4) is 0 Å². The van der Waals surface area contributed by atoms with E-state index in [9.17, 15) is 9.59 Å². The van der Waals surface area contributed by atoms with Crippen molar-refractivity contribution >= 4 is 29.1 Å². The number of amides is 2. The van der Waals surface area contributed by atoms with Gasteiger partial charge in [-0.3, -0.25) is 19.4 Å². The van der Waals surface area contributed by atoms with E-state index < -0.39 is 0 Å². The number of para-hydroxylation sites is 1. The highest BCUT2D eigenvalue weighted by Crippen LogP contribution is 2.20. The number of anilines is 1. The van der Waals surface area contributed by atoms with Crippen LogP contribution in [0.1, 0.15) is 5.56 Å². The minimum atomic E-state index is -0.262. The highest BCUT2D eigenvalue weighted by atomic mass is 35.5. The molecule has 0 radical (unpaired) electrons. The Morgan fingerprint density at radius 1 is 0.966 bits per heavy atom. The average molecular weight is 415 g/mol. The lowest BCUT2D eigenvalue weighted by atomic mass is 10.2. The molecule has 6 nitrogen and oxygen atoms in total. The molecule has 1 aliphatic heterocycles. The number of piperazine rings is 1. The molecule has 0 bridgehead atoms. The van der Waals surface area contributed by atoms with Crippen molar-refractivity contribution in [2.45, 2.75) is 6.54 Å². The van der Waals surface area contributed by atoms with E-state index in [1.165, 1.54) is 10.5 Å². The molecule has 0 aromatic heterocycles. The molecule has 29 heavy (non-hydrogen) atoms. The molecule has 154 valence electrons. The Balaban J connectivity index is 1.40. The summed E-state index contributed by atoms with van der Waals surface area (Å²) in [4.78, 5) is 30.7. The lowest BCUT2D eigenvalue weighted by molar-refractivity contribution is -0.134. The Labute approximate surface area is 177 Å². The zero-order valence-electron chi connectivity index (χ0n) is 16.7. The van der Waals surface area contributed by atoms with Crippen molar-refractivity contribution in [3.8, 4) is 0 Å². The lowest BCUT2D eigenvalue weighted by Gasteiger charge is -2.35. The van der Waals surface area contributed by atoms with Gasteiger partial charge in [0.2, 0.25) is 11.8 Å². The van der Waals surface area contributed by atoms with Gasteiger partial charge in [-0.05, 0) is 17.7 Å². The molecule has 1 saturated heterocycles. The molecular weight excluding hydrogens is 388 g/mol. The molecule has 2 aromatic rings. The van der Waals surface area contributed by atoms with Crippen molar-refractivity contribution in [1.82, 2.24) is 14.7 Å². The fourth-order valence-electron chi connectivity index (χ4n) is 3.32. The van der Waals surface area contributed by atoms with Crippen LogP contribution in [0.4, 0.5) is 5.69 Å². The van der Waals surface area contributed by atoms with Crippen LogP contribution >= 0.6 is 11.6 Å². The maximum absolute atomic E-state index is 12.5. The van der Waals surface area contributed by atoms with Crippen molar-refractivity contribution in [2.24, 2.45) is 0 Å². The summed E-state index contributed by atoms with van der Waals surface area (Å²) in [7, 11) is 1.65. The number of carbonyl (C=O) groups excluding carboxylic acids is 2. The number of likely N-dealkylation sites (N-methyl/N-ethyl adjacent to an activating group) is 1. The van der Waals surface area contributed by atoms with Gasteiger partial charge in [0.1, 0.15) is 0 Å². The summed E-state index contributed by atoms with van der Waals surface area (Å²) in [5.74, 6) is -0.322. The molecule has 0 unspecified atom stereocenters. The van der Waals surface area contributed by atoms with E-state index in [1.54, 1.807) is 31.3 Å². The quantitative estimate of drug-likeness (QED) is 0.756. The van der Waals surface area contributed by atoms with Crippen molar-refractivity contribution in [3.63, 3.8) is 0 Å². The van der Waals surface area contributed by atoms with Gasteiger partial charge >= 0.3 is 0 Å². The third-order valence-electron chi connectivity index (χ3n) is 5.03. The van der Waals surface area contributed by atoms with Gasteiger partial charge in [-0.2, -0.15) is 0 Å². The van der Waals surface area contributed by atoms with Crippen LogP contribution in [-0.2, 0) is 16.1 Å². The van der Waals surface area contributed by atoms with E-state index in [0.717, 1.165) is 32.7 Å². The Bertz CT molecular complexity index is 823. The molecule has 1 N–H and O–H groups in total. The summed E-state index contributed by atoms with van der Waals surface area (Å²) < 4.78 is 0. The van der Waals surface area contributed by atoms with Gasteiger partial charge in [-0.25, -0.2) is 0 Å². The Kier molecular flexibility index (Phi) is 7.63. The van der Waals surface area contributed by atoms with Crippen LogP contribution in [0.5, 0.6) is 0 Å². The van der Waals surface area contributed by atoms with E-state index in [2.05, 4.69) is 39.4 Å². The molecule has 0 atom stereocenters. The predicted octanol–water partition coefficient (Wildman–Crippen LogP) is 2.55. The first-order chi connectivity index (χ1) is 14.0. The van der Waals surface area contributed by atoms with Crippen molar-refractivity contribution < 1.29 is 9.59 Å². The second kappa shape index (κ2) is 10.4. The van der Waals surface area contributed by atoms with E-state index in [4.69, 9.17) is 11.6 Å². The molecule has 0 spiro atoms. The van der Waals surface area contributed by atoms with Gasteiger partial charge in [-0.15, -0.1) is 0 Å². The van der Waals surface area contributed by atoms with Crippen molar-refractivity contribution in [2.75, 3.05) is 51.6 Å². The molecule has 1 aliphatic rings. The van der Waals surface area contributed by atoms with Gasteiger partial charge in [-0.1, -0.05) is 54.1 Å². The Morgan fingerprint density at radius 3 is 2.28 bits per heavy atom. The van der Waals surface area contributed by atoms with Crippen molar-refractivity contribution in [1.29, 1.82) is 0 Å². The van der Waals surface area contributed by atoms with E-state index in [1.807, 2.05) is 6.07 Å². The third kappa shape index (κ3) is 6.56. The molecule has 1 heterocycles. The highest BCUT2D eigenvalue weighted by Gasteiger charge is 2.21. The summed E-state index contributed by atoms with van der Waals surface area (Å²) in [5.41, 5.74) is 1.86. The molecule has 2 amide bonds. The van der Waals surface area contributed by atoms with Crippen molar-refractivity contribution in [3.05, 3.63) is 65.2 Å². The van der Waals surface area contributed by atoms with Gasteiger partial charge < -0.3 is 10.2 Å². The van der Waals surface area contributed by atoms with Crippen LogP contribution in [-0.4, -0.2) is 72.8 Å². The number of carbonyl (C=O) groups is 2. The fraction of sp³-hybridized carbons (Fsp3) is 0.364. The average Bonchev–Trinajstić information content (AvgIpc) is 2.72. The number of nitrogens with zero attached hydrogens (tertiary/aromatic N) is 3. The van der Waals surface area contributed by atoms with E-state index in [-0.39, 0.29) is 18.4 Å². The number of benzene rings is 2. The van der Waals surface area contributed by atoms with E-state index in [0.29, 0.717) is 17.3 Å². The number of hydrogen-bond acceptors (Lipinski definition) is 4. The summed E-state index contributed by atoms with van der Waals surface area (Å²) >= 11 is 6.05. The topological polar surface area (TPSA) is 55.9 Å². The number of halogens is 1. The standard InChI is InChI=1S/C22H27ClN4O2/c1-25(16-21(28)24-20-10-6-5-9-19(20)23)22(29)17-27-13-11-26(12-14-27)15-18-7-3-2-4-8-18/h2-10H,11-17H2,1H3,(H,24,28). The maximum atomic E-state index is 12.5. The minimum Gasteiger partial charge on any atom is -0.335 e. The first-order valence-corrected chi connectivity index (χ1v) is 10.2. The molecule has 0 aliphatic carbocycles. The predicted molar refractivity (Wildman–Crippen MR) is 116 cm³/mol. The lowest BCUT2D eigenvalue weighted by Crippen LogP contribution is -2.49. The third-order valence-corrected chi connectivity index (χ3v) is 5.36. The van der Waals surface area contributed by atoms with Gasteiger partial charge in [0.15, 0.2) is 0 Å². The number of hydrogen-bond donors (Lipinski definition) is 1. The first kappa shape index (κ1) is 21.3. The van der Waals surface area contributed by atoms with Crippen LogP contribution in [0.15, 0.2) is 54.6 Å². The molecule has 3 rings (SSSR count). The molecule has 2 aromatic carbocycles. The number of rotatable bonds is 7. The maximum Gasteiger partial charge on any atom is 0.244 e. The molecule has 7 heteroatoms. The second-order valence-electron chi connectivity index (χ2n) is 7.32. The van der Waals surface area contributed by atoms with E-state index >= 15 is 0 Å². The largest absolute Gasteiger partial charge is 0.335 e. The summed E-state index contributed by atoms with van der Waals surface area (Å²) in [6, 6.07) is 17.5. The van der Waals surface area contributed by atoms with Crippen LogP contribution in [0, 0.1) is 0 Å². The fourth-order valence-corrected chi connectivity index (χ4v) is 3.50. The minimum absolute atomic E-state index is 0.00196. The number of nitrogens with one attached hydrogen (secondary N) is 1. The summed E-state index contributed by atoms with van der Waals surface area (Å²) in [6.45, 7) is 4.81. The summed E-state index contributed by atoms with van der Waals surface area (Å²) in [5, 5.41) is 3.22. The van der Waals surface area contributed by atoms with Crippen LogP contribution in [0.2, 0.25) is 5.02 Å². The molecule has 1 fully saturated rings. The Morgan fingerprint density at radius 2 is 1.59 bits per heavy atom. The normalized spacial score (nSPS) is 15.1. The zero-order valence-corrected chi connectivity index (χ0v) is 17.4. The van der Waals surface area contributed by atoms with Crippen LogP contribution < -0.4 is 5.32 Å². The summed E-state index contributed by atoms with van der Waals surface area (Å²) in [6.07, 6.45) is 0. The Hall–Kier alpha value is -2.41. The highest BCUT2D eigenvalue weighted by molar-refractivity contribution is 6.33. The smallest absolute Gasteiger partial charge is 0.244 e. The van der Waals surface area contributed by atoms with Crippen LogP contribution in [0.25, 0.3) is 0 Å². The monoisotopic (exact) mass is 414 g/mol. The molecule has 0 saturated carbocycles. The SMILES string of the molecule is CN(CC(=O)Nc1ccccc1Cl)C(=O)CN1CCN(Cc2ccccc2)CC1. The second-order valence-corrected chi connectivity index (χ2v) is 7.72. The van der Waals surface area contributed by atoms with Gasteiger partial charge in [0, 0.05) is 39.8 Å². The molecular formula is C22H27ClN4O2. The zero-order chi connectivity index (χ0) is 20.6. The van der Waals surface area contributed by atoms with Gasteiger partial charge in [0.25, 0.3) is 0 Å². The first-order valence-electron chi connectivity index (χ1n) is 9.78. The van der Waals surface area contributed by atoms with Gasteiger partial charge in [0.05, 0.1) is 23.8 Å².